The van der Waals surface area contributed by atoms with Crippen molar-refractivity contribution in [3.05, 3.63) is 41.5 Å². The molecule has 0 saturated carbocycles. The van der Waals surface area contributed by atoms with Gasteiger partial charge in [0.05, 0.1) is 6.61 Å². The fraction of sp³-hybridized carbons (Fsp3) is 0.267. The Hall–Kier alpha value is -2.63. The topological polar surface area (TPSA) is 79.9 Å². The Kier molecular flexibility index (Phi) is 5.09. The van der Waals surface area contributed by atoms with E-state index in [4.69, 9.17) is 4.74 Å². The maximum atomic E-state index is 11.7. The number of amides is 1. The van der Waals surface area contributed by atoms with E-state index in [9.17, 15) is 4.79 Å². The number of hydrogen-bond acceptors (Lipinski definition) is 4. The molecule has 0 aliphatic rings. The number of aryl methyl sites for hydroxylation is 1. The maximum absolute atomic E-state index is 11.7. The van der Waals surface area contributed by atoms with Crippen molar-refractivity contribution < 1.29 is 9.53 Å². The summed E-state index contributed by atoms with van der Waals surface area (Å²) in [4.78, 5) is 15.7. The van der Waals surface area contributed by atoms with Crippen LogP contribution in [0.5, 0.6) is 6.01 Å². The van der Waals surface area contributed by atoms with Crippen molar-refractivity contribution in [1.29, 1.82) is 0 Å². The minimum Gasteiger partial charge on any atom is -0.463 e. The Morgan fingerprint density at radius 2 is 2.10 bits per heavy atom. The molecule has 0 fully saturated rings. The lowest BCUT2D eigenvalue weighted by Crippen LogP contribution is -2.09. The summed E-state index contributed by atoms with van der Waals surface area (Å²) >= 11 is 0. The predicted octanol–water partition coefficient (Wildman–Crippen LogP) is 2.42. The molecule has 2 aromatic rings. The lowest BCUT2D eigenvalue weighted by atomic mass is 10.1. The molecule has 0 unspecified atom stereocenters. The van der Waals surface area contributed by atoms with Gasteiger partial charge >= 0.3 is 6.01 Å². The van der Waals surface area contributed by atoms with Gasteiger partial charge in [-0.25, -0.2) is 5.10 Å². The van der Waals surface area contributed by atoms with Crippen LogP contribution in [0.25, 0.3) is 6.08 Å². The molecule has 1 amide bonds. The number of rotatable bonds is 6. The second-order valence-corrected chi connectivity index (χ2v) is 4.32. The van der Waals surface area contributed by atoms with Gasteiger partial charge in [0.1, 0.15) is 0 Å². The van der Waals surface area contributed by atoms with E-state index in [1.54, 1.807) is 6.08 Å². The Bertz CT molecular complexity index is 617. The number of nitrogens with zero attached hydrogens (tertiary/aromatic N) is 2. The van der Waals surface area contributed by atoms with Gasteiger partial charge in [-0.1, -0.05) is 31.2 Å². The molecule has 2 N–H and O–H groups in total. The SMILES string of the molecule is CCOc1n[nH]c(NC(=O)/C=C/c2ccc(CC)cc2)n1. The first kappa shape index (κ1) is 14.8. The second kappa shape index (κ2) is 7.23. The van der Waals surface area contributed by atoms with Crippen LogP contribution in [0, 0.1) is 0 Å². The number of aromatic nitrogens is 3. The highest BCUT2D eigenvalue weighted by molar-refractivity contribution is 6.00. The molecule has 6 heteroatoms. The third kappa shape index (κ3) is 4.45. The van der Waals surface area contributed by atoms with E-state index in [1.165, 1.54) is 11.6 Å². The molecule has 1 aromatic carbocycles. The zero-order chi connectivity index (χ0) is 15.1. The first-order valence-electron chi connectivity index (χ1n) is 6.84. The van der Waals surface area contributed by atoms with Crippen molar-refractivity contribution in [2.75, 3.05) is 11.9 Å². The summed E-state index contributed by atoms with van der Waals surface area (Å²) in [5.74, 6) is -0.0248. The lowest BCUT2D eigenvalue weighted by molar-refractivity contribution is -0.111. The third-order valence-electron chi connectivity index (χ3n) is 2.80. The van der Waals surface area contributed by atoms with Gasteiger partial charge in [0.2, 0.25) is 5.95 Å². The summed E-state index contributed by atoms with van der Waals surface area (Å²) in [6.07, 6.45) is 4.19. The predicted molar refractivity (Wildman–Crippen MR) is 81.0 cm³/mol. The van der Waals surface area contributed by atoms with E-state index in [0.29, 0.717) is 6.61 Å². The van der Waals surface area contributed by atoms with E-state index in [2.05, 4.69) is 27.4 Å². The summed E-state index contributed by atoms with van der Waals surface area (Å²) in [6.45, 7) is 4.41. The standard InChI is InChI=1S/C15H18N4O2/c1-3-11-5-7-12(8-6-11)9-10-13(20)16-14-17-15(19-18-14)21-4-2/h5-10H,3-4H2,1-2H3,(H2,16,17,18,19,20)/b10-9+. The van der Waals surface area contributed by atoms with Crippen LogP contribution in [0.4, 0.5) is 5.95 Å². The molecule has 0 bridgehead atoms. The first-order valence-corrected chi connectivity index (χ1v) is 6.84. The van der Waals surface area contributed by atoms with Gasteiger partial charge < -0.3 is 4.74 Å². The van der Waals surface area contributed by atoms with E-state index in [-0.39, 0.29) is 17.9 Å². The molecule has 1 heterocycles. The van der Waals surface area contributed by atoms with Crippen LogP contribution in [-0.2, 0) is 11.2 Å². The van der Waals surface area contributed by atoms with Crippen LogP contribution in [0.1, 0.15) is 25.0 Å². The molecule has 0 saturated heterocycles. The van der Waals surface area contributed by atoms with Crippen molar-refractivity contribution in [3.63, 3.8) is 0 Å². The van der Waals surface area contributed by atoms with Gasteiger partial charge in [-0.15, -0.1) is 5.10 Å². The molecule has 110 valence electrons. The minimum absolute atomic E-state index is 0.215. The molecule has 1 aromatic heterocycles. The minimum atomic E-state index is -0.284. The Morgan fingerprint density at radius 3 is 2.76 bits per heavy atom. The molecule has 0 spiro atoms. The summed E-state index contributed by atoms with van der Waals surface area (Å²) in [5.41, 5.74) is 2.23. The van der Waals surface area contributed by atoms with Crippen LogP contribution >= 0.6 is 0 Å². The second-order valence-electron chi connectivity index (χ2n) is 4.32. The number of benzene rings is 1. The van der Waals surface area contributed by atoms with Crippen molar-refractivity contribution in [1.82, 2.24) is 15.2 Å². The Balaban J connectivity index is 1.91. The molecule has 21 heavy (non-hydrogen) atoms. The van der Waals surface area contributed by atoms with E-state index in [1.807, 2.05) is 31.2 Å². The maximum Gasteiger partial charge on any atom is 0.337 e. The first-order chi connectivity index (χ1) is 10.2. The van der Waals surface area contributed by atoms with E-state index in [0.717, 1.165) is 12.0 Å². The number of ether oxygens (including phenoxy) is 1. The number of carbonyl (C=O) groups excluding carboxylic acids is 1. The van der Waals surface area contributed by atoms with Crippen molar-refractivity contribution in [2.45, 2.75) is 20.3 Å². The number of hydrogen-bond donors (Lipinski definition) is 2. The van der Waals surface area contributed by atoms with Crippen LogP contribution < -0.4 is 10.1 Å². The molecule has 0 aliphatic heterocycles. The summed E-state index contributed by atoms with van der Waals surface area (Å²) in [5, 5.41) is 8.96. The average Bonchev–Trinajstić information content (AvgIpc) is 2.93. The summed E-state index contributed by atoms with van der Waals surface area (Å²) < 4.78 is 5.10. The van der Waals surface area contributed by atoms with Crippen LogP contribution in [0.2, 0.25) is 0 Å². The van der Waals surface area contributed by atoms with Crippen LogP contribution in [0.3, 0.4) is 0 Å². The molecule has 0 aliphatic carbocycles. The lowest BCUT2D eigenvalue weighted by Gasteiger charge is -1.98. The largest absolute Gasteiger partial charge is 0.463 e. The Labute approximate surface area is 123 Å². The van der Waals surface area contributed by atoms with Gasteiger partial charge in [-0.05, 0) is 30.5 Å². The highest BCUT2D eigenvalue weighted by Crippen LogP contribution is 2.08. The average molecular weight is 286 g/mol. The summed E-state index contributed by atoms with van der Waals surface area (Å²) in [6, 6.07) is 8.26. The highest BCUT2D eigenvalue weighted by Gasteiger charge is 2.05. The molecular weight excluding hydrogens is 268 g/mol. The number of carbonyl (C=O) groups is 1. The number of H-pyrrole nitrogens is 1. The number of aromatic amines is 1. The van der Waals surface area contributed by atoms with Crippen LogP contribution in [-0.4, -0.2) is 27.7 Å². The fourth-order valence-electron chi connectivity index (χ4n) is 1.69. The van der Waals surface area contributed by atoms with Gasteiger partial charge in [0.25, 0.3) is 5.91 Å². The molecule has 2 rings (SSSR count). The molecule has 6 nitrogen and oxygen atoms in total. The molecule has 0 atom stereocenters. The molecule has 0 radical (unpaired) electrons. The zero-order valence-corrected chi connectivity index (χ0v) is 12.1. The molecular formula is C15H18N4O2. The summed E-state index contributed by atoms with van der Waals surface area (Å²) in [7, 11) is 0. The van der Waals surface area contributed by atoms with E-state index >= 15 is 0 Å². The third-order valence-corrected chi connectivity index (χ3v) is 2.80. The number of anilines is 1. The number of nitrogens with one attached hydrogen (secondary N) is 2. The fourth-order valence-corrected chi connectivity index (χ4v) is 1.69. The smallest absolute Gasteiger partial charge is 0.337 e. The normalized spacial score (nSPS) is 10.8. The van der Waals surface area contributed by atoms with Gasteiger partial charge in [0.15, 0.2) is 0 Å². The highest BCUT2D eigenvalue weighted by atomic mass is 16.5. The van der Waals surface area contributed by atoms with Gasteiger partial charge in [0, 0.05) is 6.08 Å². The van der Waals surface area contributed by atoms with Crippen molar-refractivity contribution in [2.24, 2.45) is 0 Å². The monoisotopic (exact) mass is 286 g/mol. The van der Waals surface area contributed by atoms with Gasteiger partial charge in [-0.3, -0.25) is 10.1 Å². The quantitative estimate of drug-likeness (QED) is 0.799. The van der Waals surface area contributed by atoms with Crippen LogP contribution in [0.15, 0.2) is 30.3 Å². The van der Waals surface area contributed by atoms with E-state index < -0.39 is 0 Å². The van der Waals surface area contributed by atoms with Crippen molar-refractivity contribution in [3.8, 4) is 6.01 Å². The van der Waals surface area contributed by atoms with Crippen molar-refractivity contribution >= 4 is 17.9 Å². The van der Waals surface area contributed by atoms with Gasteiger partial charge in [-0.2, -0.15) is 4.98 Å². The zero-order valence-electron chi connectivity index (χ0n) is 12.1. The Morgan fingerprint density at radius 1 is 1.33 bits per heavy atom.